The first kappa shape index (κ1) is 14.8. The van der Waals surface area contributed by atoms with E-state index in [0.717, 1.165) is 13.0 Å². The highest BCUT2D eigenvalue weighted by Gasteiger charge is 2.27. The minimum absolute atomic E-state index is 0.284. The third-order valence-corrected chi connectivity index (χ3v) is 4.88. The van der Waals surface area contributed by atoms with Crippen LogP contribution in [-0.2, 0) is 4.79 Å². The molecule has 0 bridgehead atoms. The van der Waals surface area contributed by atoms with Crippen LogP contribution in [0.3, 0.4) is 0 Å². The molecule has 0 aromatic rings. The zero-order valence-corrected chi connectivity index (χ0v) is 12.3. The summed E-state index contributed by atoms with van der Waals surface area (Å²) >= 11 is 0. The van der Waals surface area contributed by atoms with E-state index in [4.69, 9.17) is 5.73 Å². The molecule has 1 saturated carbocycles. The van der Waals surface area contributed by atoms with Gasteiger partial charge in [-0.3, -0.25) is 9.69 Å². The molecule has 0 spiro atoms. The van der Waals surface area contributed by atoms with Crippen molar-refractivity contribution in [1.82, 2.24) is 9.80 Å². The number of nitrogens with zero attached hydrogens (tertiary/aromatic N) is 2. The summed E-state index contributed by atoms with van der Waals surface area (Å²) in [6.07, 6.45) is 9.86. The van der Waals surface area contributed by atoms with Gasteiger partial charge in [0.1, 0.15) is 0 Å². The first-order valence-corrected chi connectivity index (χ1v) is 7.92. The zero-order valence-electron chi connectivity index (χ0n) is 12.3. The smallest absolute Gasteiger partial charge is 0.236 e. The van der Waals surface area contributed by atoms with Crippen molar-refractivity contribution in [2.45, 2.75) is 63.5 Å². The predicted molar refractivity (Wildman–Crippen MR) is 77.9 cm³/mol. The Hall–Kier alpha value is -0.610. The minimum Gasteiger partial charge on any atom is -0.342 e. The van der Waals surface area contributed by atoms with Crippen LogP contribution in [0.15, 0.2) is 0 Å². The van der Waals surface area contributed by atoms with Crippen molar-refractivity contribution in [3.8, 4) is 0 Å². The lowest BCUT2D eigenvalue weighted by Gasteiger charge is -2.37. The lowest BCUT2D eigenvalue weighted by atomic mass is 9.94. The van der Waals surface area contributed by atoms with Gasteiger partial charge in [-0.15, -0.1) is 0 Å². The number of hydrogen-bond acceptors (Lipinski definition) is 3. The minimum atomic E-state index is 0.284. The lowest BCUT2D eigenvalue weighted by Crippen LogP contribution is -2.50. The van der Waals surface area contributed by atoms with Crippen LogP contribution < -0.4 is 5.73 Å². The molecule has 0 aromatic carbocycles. The molecular weight excluding hydrogens is 238 g/mol. The van der Waals surface area contributed by atoms with Gasteiger partial charge >= 0.3 is 0 Å². The summed E-state index contributed by atoms with van der Waals surface area (Å²) in [6, 6.07) is 0.889. The van der Waals surface area contributed by atoms with Gasteiger partial charge in [-0.2, -0.15) is 0 Å². The number of piperidine rings is 1. The molecule has 1 unspecified atom stereocenters. The third-order valence-electron chi connectivity index (χ3n) is 4.88. The first-order chi connectivity index (χ1) is 9.22. The van der Waals surface area contributed by atoms with E-state index in [9.17, 15) is 4.79 Å². The maximum Gasteiger partial charge on any atom is 0.236 e. The Balaban J connectivity index is 1.84. The Morgan fingerprint density at radius 3 is 2.53 bits per heavy atom. The molecule has 1 atom stereocenters. The molecule has 1 saturated heterocycles. The van der Waals surface area contributed by atoms with Gasteiger partial charge in [0.05, 0.1) is 6.54 Å². The Labute approximate surface area is 117 Å². The van der Waals surface area contributed by atoms with Gasteiger partial charge in [0.15, 0.2) is 0 Å². The standard InChI is InChI=1S/C15H29N3O/c1-17(13-7-3-2-4-8-13)15(19)12-18-10-6-5-9-14(18)11-16/h13-14H,2-12,16H2,1H3. The van der Waals surface area contributed by atoms with Crippen molar-refractivity contribution in [3.05, 3.63) is 0 Å². The van der Waals surface area contributed by atoms with Gasteiger partial charge in [0, 0.05) is 25.7 Å². The van der Waals surface area contributed by atoms with E-state index in [1.54, 1.807) is 0 Å². The zero-order chi connectivity index (χ0) is 13.7. The molecule has 2 rings (SSSR count). The number of likely N-dealkylation sites (N-methyl/N-ethyl adjacent to an activating group) is 1. The average molecular weight is 267 g/mol. The van der Waals surface area contributed by atoms with E-state index in [2.05, 4.69) is 4.90 Å². The fourth-order valence-electron chi connectivity index (χ4n) is 3.49. The molecule has 19 heavy (non-hydrogen) atoms. The summed E-state index contributed by atoms with van der Waals surface area (Å²) in [6.45, 7) is 2.28. The third kappa shape index (κ3) is 3.93. The van der Waals surface area contributed by atoms with Crippen molar-refractivity contribution in [2.24, 2.45) is 5.73 Å². The van der Waals surface area contributed by atoms with E-state index >= 15 is 0 Å². The van der Waals surface area contributed by atoms with Crippen molar-refractivity contribution in [1.29, 1.82) is 0 Å². The number of hydrogen-bond donors (Lipinski definition) is 1. The molecule has 1 amide bonds. The molecule has 2 fully saturated rings. The summed E-state index contributed by atoms with van der Waals surface area (Å²) < 4.78 is 0. The van der Waals surface area contributed by atoms with Crippen molar-refractivity contribution < 1.29 is 4.79 Å². The topological polar surface area (TPSA) is 49.6 Å². The molecule has 1 aliphatic carbocycles. The highest BCUT2D eigenvalue weighted by molar-refractivity contribution is 5.78. The van der Waals surface area contributed by atoms with Gasteiger partial charge < -0.3 is 10.6 Å². The van der Waals surface area contributed by atoms with Crippen LogP contribution in [-0.4, -0.2) is 54.5 Å². The SMILES string of the molecule is CN(C(=O)CN1CCCCC1CN)C1CCCCC1. The van der Waals surface area contributed by atoms with Crippen LogP contribution in [0, 0.1) is 0 Å². The fourth-order valence-corrected chi connectivity index (χ4v) is 3.49. The van der Waals surface area contributed by atoms with E-state index in [-0.39, 0.29) is 5.91 Å². The monoisotopic (exact) mass is 267 g/mol. The number of nitrogens with two attached hydrogens (primary N) is 1. The predicted octanol–water partition coefficient (Wildman–Crippen LogP) is 1.59. The van der Waals surface area contributed by atoms with Crippen molar-refractivity contribution >= 4 is 5.91 Å². The van der Waals surface area contributed by atoms with E-state index in [1.807, 2.05) is 11.9 Å². The molecule has 4 heteroatoms. The van der Waals surface area contributed by atoms with Gasteiger partial charge in [0.2, 0.25) is 5.91 Å². The second-order valence-corrected chi connectivity index (χ2v) is 6.15. The molecule has 0 radical (unpaired) electrons. The summed E-state index contributed by atoms with van der Waals surface area (Å²) in [4.78, 5) is 16.7. The molecule has 1 aliphatic heterocycles. The molecule has 110 valence electrons. The first-order valence-electron chi connectivity index (χ1n) is 7.92. The van der Waals surface area contributed by atoms with Gasteiger partial charge in [-0.1, -0.05) is 25.7 Å². The molecular formula is C15H29N3O. The Kier molecular flexibility index (Phi) is 5.64. The van der Waals surface area contributed by atoms with Crippen molar-refractivity contribution in [2.75, 3.05) is 26.7 Å². The second kappa shape index (κ2) is 7.25. The molecule has 0 aromatic heterocycles. The Bertz CT molecular complexity index is 289. The van der Waals surface area contributed by atoms with Crippen LogP contribution in [0.2, 0.25) is 0 Å². The second-order valence-electron chi connectivity index (χ2n) is 6.15. The van der Waals surface area contributed by atoms with Crippen LogP contribution in [0.4, 0.5) is 0 Å². The number of rotatable bonds is 4. The van der Waals surface area contributed by atoms with E-state index < -0.39 is 0 Å². The summed E-state index contributed by atoms with van der Waals surface area (Å²) in [5, 5.41) is 0. The largest absolute Gasteiger partial charge is 0.342 e. The molecule has 4 nitrogen and oxygen atoms in total. The van der Waals surface area contributed by atoms with Crippen LogP contribution in [0.25, 0.3) is 0 Å². The van der Waals surface area contributed by atoms with E-state index in [0.29, 0.717) is 25.2 Å². The van der Waals surface area contributed by atoms with Crippen LogP contribution in [0.1, 0.15) is 51.4 Å². The molecule has 2 N–H and O–H groups in total. The highest BCUT2D eigenvalue weighted by Crippen LogP contribution is 2.22. The quantitative estimate of drug-likeness (QED) is 0.841. The number of likely N-dealkylation sites (tertiary alicyclic amines) is 1. The van der Waals surface area contributed by atoms with Gasteiger partial charge in [0.25, 0.3) is 0 Å². The number of carbonyl (C=O) groups is 1. The van der Waals surface area contributed by atoms with Gasteiger partial charge in [-0.25, -0.2) is 0 Å². The van der Waals surface area contributed by atoms with Crippen molar-refractivity contribution in [3.63, 3.8) is 0 Å². The number of amides is 1. The average Bonchev–Trinajstić information content (AvgIpc) is 2.48. The van der Waals surface area contributed by atoms with Crippen LogP contribution >= 0.6 is 0 Å². The van der Waals surface area contributed by atoms with Crippen LogP contribution in [0.5, 0.6) is 0 Å². The lowest BCUT2D eigenvalue weighted by molar-refractivity contribution is -0.134. The van der Waals surface area contributed by atoms with Gasteiger partial charge in [-0.05, 0) is 32.2 Å². The highest BCUT2D eigenvalue weighted by atomic mass is 16.2. The van der Waals surface area contributed by atoms with E-state index in [1.165, 1.54) is 44.9 Å². The molecule has 1 heterocycles. The normalized spacial score (nSPS) is 26.3. The summed E-state index contributed by atoms with van der Waals surface area (Å²) in [7, 11) is 1.99. The molecule has 2 aliphatic rings. The summed E-state index contributed by atoms with van der Waals surface area (Å²) in [5.41, 5.74) is 5.82. The number of carbonyl (C=O) groups excluding carboxylic acids is 1. The maximum absolute atomic E-state index is 12.4. The Morgan fingerprint density at radius 1 is 1.16 bits per heavy atom. The summed E-state index contributed by atoms with van der Waals surface area (Å²) in [5.74, 6) is 0.284. The maximum atomic E-state index is 12.4. The fraction of sp³-hybridized carbons (Fsp3) is 0.933. The Morgan fingerprint density at radius 2 is 1.84 bits per heavy atom.